The van der Waals surface area contributed by atoms with E-state index in [1.54, 1.807) is 13.0 Å². The Morgan fingerprint density at radius 2 is 1.61 bits per heavy atom. The van der Waals surface area contributed by atoms with Gasteiger partial charge in [-0.05, 0) is 56.9 Å². The number of sulfonamides is 1. The summed E-state index contributed by atoms with van der Waals surface area (Å²) in [5.74, 6) is -0.321. The van der Waals surface area contributed by atoms with Crippen molar-refractivity contribution in [3.05, 3.63) is 64.7 Å². The van der Waals surface area contributed by atoms with Crippen LogP contribution in [0.25, 0.3) is 0 Å². The molecule has 0 aromatic heterocycles. The summed E-state index contributed by atoms with van der Waals surface area (Å²) >= 11 is 0. The molecule has 6 heteroatoms. The first kappa shape index (κ1) is 22.0. The van der Waals surface area contributed by atoms with Crippen LogP contribution in [0, 0.1) is 20.8 Å². The van der Waals surface area contributed by atoms with Gasteiger partial charge in [-0.2, -0.15) is 0 Å². The van der Waals surface area contributed by atoms with E-state index in [-0.39, 0.29) is 11.9 Å². The average Bonchev–Trinajstić information content (AvgIpc) is 2.62. The number of aryl methyl sites for hydroxylation is 3. The number of benzene rings is 2. The molecule has 2 atom stereocenters. The molecule has 0 bridgehead atoms. The standard InChI is InChI=1S/C22H30N2O3S/c1-7-20(19-12-9-15(2)10-13-19)23-22(25)18(5)24(28(6,26)27)21-14-16(3)8-11-17(21)4/h8-14,18,20H,7H2,1-6H3,(H,23,25)/t18-,20+/m0/s1. The first-order valence-electron chi connectivity index (χ1n) is 9.48. The lowest BCUT2D eigenvalue weighted by atomic mass is 10.0. The zero-order valence-corrected chi connectivity index (χ0v) is 18.3. The third kappa shape index (κ3) is 5.13. The molecule has 0 heterocycles. The lowest BCUT2D eigenvalue weighted by molar-refractivity contribution is -0.122. The molecule has 0 unspecified atom stereocenters. The van der Waals surface area contributed by atoms with E-state index in [0.29, 0.717) is 12.1 Å². The van der Waals surface area contributed by atoms with E-state index in [1.165, 1.54) is 4.31 Å². The van der Waals surface area contributed by atoms with Gasteiger partial charge in [-0.3, -0.25) is 9.10 Å². The van der Waals surface area contributed by atoms with Gasteiger partial charge in [0.1, 0.15) is 6.04 Å². The van der Waals surface area contributed by atoms with Crippen molar-refractivity contribution in [3.8, 4) is 0 Å². The van der Waals surface area contributed by atoms with Gasteiger partial charge < -0.3 is 5.32 Å². The summed E-state index contributed by atoms with van der Waals surface area (Å²) in [6.45, 7) is 9.38. The first-order chi connectivity index (χ1) is 13.0. The summed E-state index contributed by atoms with van der Waals surface area (Å²) in [5, 5.41) is 3.01. The fourth-order valence-electron chi connectivity index (χ4n) is 3.25. The van der Waals surface area contributed by atoms with Gasteiger partial charge in [0.25, 0.3) is 0 Å². The lowest BCUT2D eigenvalue weighted by Crippen LogP contribution is -2.48. The molecule has 152 valence electrons. The van der Waals surface area contributed by atoms with Crippen LogP contribution in [0.5, 0.6) is 0 Å². The van der Waals surface area contributed by atoms with Crippen LogP contribution >= 0.6 is 0 Å². The van der Waals surface area contributed by atoms with Crippen molar-refractivity contribution < 1.29 is 13.2 Å². The number of hydrogen-bond acceptors (Lipinski definition) is 3. The Bertz CT molecular complexity index is 937. The maximum atomic E-state index is 13.0. The number of nitrogens with zero attached hydrogens (tertiary/aromatic N) is 1. The maximum absolute atomic E-state index is 13.0. The quantitative estimate of drug-likeness (QED) is 0.760. The smallest absolute Gasteiger partial charge is 0.244 e. The summed E-state index contributed by atoms with van der Waals surface area (Å²) in [4.78, 5) is 13.0. The second-order valence-corrected chi connectivity index (χ2v) is 9.26. The van der Waals surface area contributed by atoms with Crippen molar-refractivity contribution in [1.82, 2.24) is 5.32 Å². The molecule has 0 spiro atoms. The molecule has 0 saturated heterocycles. The van der Waals surface area contributed by atoms with Gasteiger partial charge in [0.05, 0.1) is 18.0 Å². The number of amides is 1. The fourth-order valence-corrected chi connectivity index (χ4v) is 4.47. The second kappa shape index (κ2) is 8.78. The summed E-state index contributed by atoms with van der Waals surface area (Å²) in [5.41, 5.74) is 4.44. The molecule has 5 nitrogen and oxygen atoms in total. The van der Waals surface area contributed by atoms with Gasteiger partial charge in [-0.25, -0.2) is 8.42 Å². The van der Waals surface area contributed by atoms with Crippen LogP contribution in [0.1, 0.15) is 48.6 Å². The van der Waals surface area contributed by atoms with Crippen molar-refractivity contribution in [2.24, 2.45) is 0 Å². The SMILES string of the molecule is CC[C@@H](NC(=O)[C@H](C)N(c1cc(C)ccc1C)S(C)(=O)=O)c1ccc(C)cc1. The van der Waals surface area contributed by atoms with Crippen molar-refractivity contribution in [2.45, 2.75) is 53.1 Å². The Labute approximate surface area is 168 Å². The van der Waals surface area contributed by atoms with Crippen LogP contribution < -0.4 is 9.62 Å². The summed E-state index contributed by atoms with van der Waals surface area (Å²) in [6, 6.07) is 12.6. The number of carbonyl (C=O) groups excluding carboxylic acids is 1. The molecule has 1 amide bonds. The highest BCUT2D eigenvalue weighted by Gasteiger charge is 2.31. The molecular formula is C22H30N2O3S. The summed E-state index contributed by atoms with van der Waals surface area (Å²) in [6.07, 6.45) is 1.85. The second-order valence-electron chi connectivity index (χ2n) is 7.40. The minimum Gasteiger partial charge on any atom is -0.347 e. The molecule has 1 N–H and O–H groups in total. The highest BCUT2D eigenvalue weighted by atomic mass is 32.2. The van der Waals surface area contributed by atoms with E-state index in [4.69, 9.17) is 0 Å². The van der Waals surface area contributed by atoms with Crippen LogP contribution in [-0.4, -0.2) is 26.6 Å². The van der Waals surface area contributed by atoms with Gasteiger partial charge in [-0.15, -0.1) is 0 Å². The predicted octanol–water partition coefficient (Wildman–Crippen LogP) is 4.03. The van der Waals surface area contributed by atoms with Crippen molar-refractivity contribution >= 4 is 21.6 Å². The number of hydrogen-bond donors (Lipinski definition) is 1. The number of anilines is 1. The average molecular weight is 403 g/mol. The Hall–Kier alpha value is -2.34. The monoisotopic (exact) mass is 402 g/mol. The van der Waals surface area contributed by atoms with Gasteiger partial charge >= 0.3 is 0 Å². The van der Waals surface area contributed by atoms with E-state index in [0.717, 1.165) is 28.5 Å². The number of rotatable bonds is 7. The molecule has 0 aliphatic heterocycles. The third-order valence-electron chi connectivity index (χ3n) is 4.90. The van der Waals surface area contributed by atoms with Crippen LogP contribution in [0.4, 0.5) is 5.69 Å². The number of carbonyl (C=O) groups is 1. The molecule has 2 aromatic rings. The zero-order chi connectivity index (χ0) is 21.1. The Kier molecular flexibility index (Phi) is 6.88. The number of nitrogens with one attached hydrogen (secondary N) is 1. The Morgan fingerprint density at radius 1 is 1.04 bits per heavy atom. The van der Waals surface area contributed by atoms with Crippen LogP contribution in [-0.2, 0) is 14.8 Å². The van der Waals surface area contributed by atoms with Crippen molar-refractivity contribution in [2.75, 3.05) is 10.6 Å². The van der Waals surface area contributed by atoms with Crippen molar-refractivity contribution in [1.29, 1.82) is 0 Å². The van der Waals surface area contributed by atoms with Gasteiger partial charge in [0, 0.05) is 0 Å². The predicted molar refractivity (Wildman–Crippen MR) is 115 cm³/mol. The van der Waals surface area contributed by atoms with E-state index >= 15 is 0 Å². The molecule has 2 rings (SSSR count). The topological polar surface area (TPSA) is 66.5 Å². The molecule has 0 radical (unpaired) electrons. The van der Waals surface area contributed by atoms with Crippen LogP contribution in [0.15, 0.2) is 42.5 Å². The molecule has 0 saturated carbocycles. The zero-order valence-electron chi connectivity index (χ0n) is 17.5. The van der Waals surface area contributed by atoms with Crippen molar-refractivity contribution in [3.63, 3.8) is 0 Å². The van der Waals surface area contributed by atoms with Gasteiger partial charge in [0.15, 0.2) is 0 Å². The minimum absolute atomic E-state index is 0.171. The Balaban J connectivity index is 2.33. The largest absolute Gasteiger partial charge is 0.347 e. The van der Waals surface area contributed by atoms with E-state index in [1.807, 2.05) is 64.1 Å². The maximum Gasteiger partial charge on any atom is 0.244 e. The molecule has 0 fully saturated rings. The molecule has 28 heavy (non-hydrogen) atoms. The van der Waals surface area contributed by atoms with Gasteiger partial charge in [-0.1, -0.05) is 48.9 Å². The Morgan fingerprint density at radius 3 is 2.14 bits per heavy atom. The van der Waals surface area contributed by atoms with E-state index in [9.17, 15) is 13.2 Å². The summed E-state index contributed by atoms with van der Waals surface area (Å²) in [7, 11) is -3.64. The molecule has 0 aliphatic carbocycles. The molecule has 2 aromatic carbocycles. The molecule has 0 aliphatic rings. The van der Waals surface area contributed by atoms with E-state index in [2.05, 4.69) is 5.32 Å². The normalized spacial score (nSPS) is 13.6. The minimum atomic E-state index is -3.64. The molecular weight excluding hydrogens is 372 g/mol. The first-order valence-corrected chi connectivity index (χ1v) is 11.3. The highest BCUT2D eigenvalue weighted by molar-refractivity contribution is 7.92. The summed E-state index contributed by atoms with van der Waals surface area (Å²) < 4.78 is 26.3. The van der Waals surface area contributed by atoms with Crippen LogP contribution in [0.3, 0.4) is 0 Å². The highest BCUT2D eigenvalue weighted by Crippen LogP contribution is 2.27. The van der Waals surface area contributed by atoms with Gasteiger partial charge in [0.2, 0.25) is 15.9 Å². The lowest BCUT2D eigenvalue weighted by Gasteiger charge is -2.31. The fraction of sp³-hybridized carbons (Fsp3) is 0.409. The van der Waals surface area contributed by atoms with E-state index < -0.39 is 16.1 Å². The van der Waals surface area contributed by atoms with Crippen LogP contribution in [0.2, 0.25) is 0 Å². The third-order valence-corrected chi connectivity index (χ3v) is 6.12.